The molecule has 0 bridgehead atoms. The molecule has 0 unspecified atom stereocenters. The Balaban J connectivity index is -0.000000141. The highest BCUT2D eigenvalue weighted by Crippen LogP contribution is 1.94. The highest BCUT2D eigenvalue weighted by Gasteiger charge is 2.05. The third kappa shape index (κ3) is 14.4. The molecule has 0 aromatic carbocycles. The number of ether oxygens (including phenoxy) is 2. The molecule has 0 heterocycles. The van der Waals surface area contributed by atoms with E-state index in [-0.39, 0.29) is 42.9 Å². The Morgan fingerprint density at radius 2 is 1.00 bits per heavy atom. The highest BCUT2D eigenvalue weighted by atomic mass is 16.6. The zero-order valence-corrected chi connectivity index (χ0v) is 8.46. The van der Waals surface area contributed by atoms with Crippen LogP contribution in [0.2, 0.25) is 0 Å². The molecule has 0 saturated carbocycles. The van der Waals surface area contributed by atoms with Gasteiger partial charge in [-0.05, 0) is 13.8 Å². The summed E-state index contributed by atoms with van der Waals surface area (Å²) in [6.45, 7) is 9.95. The molecular weight excluding hydrogens is 232 g/mol. The lowest BCUT2D eigenvalue weighted by molar-refractivity contribution is -0.147. The van der Waals surface area contributed by atoms with E-state index in [0.29, 0.717) is 11.1 Å². The minimum Gasteiger partial charge on any atom is -0.459 e. The zero-order valence-electron chi connectivity index (χ0n) is 8.46. The molecule has 4 heteroatoms. The van der Waals surface area contributed by atoms with Gasteiger partial charge in [-0.15, -0.1) is 0 Å². The van der Waals surface area contributed by atoms with Crippen molar-refractivity contribution in [2.75, 3.05) is 13.2 Å². The summed E-state index contributed by atoms with van der Waals surface area (Å²) in [6, 6.07) is 0. The summed E-state index contributed by atoms with van der Waals surface area (Å²) in [5.74, 6) is -0.979. The zero-order chi connectivity index (χ0) is 11.1. The molecule has 0 aromatic heterocycles. The second kappa shape index (κ2) is 15.4. The molecule has 0 atom stereocenters. The minimum absolute atomic E-state index is 0. The van der Waals surface area contributed by atoms with Crippen LogP contribution in [-0.2, 0) is 19.1 Å². The Morgan fingerprint density at radius 1 is 0.778 bits per heavy atom. The molecule has 0 aliphatic rings. The second-order valence-corrected chi connectivity index (χ2v) is 2.83. The lowest BCUT2D eigenvalue weighted by Crippen LogP contribution is -2.14. The van der Waals surface area contributed by atoms with Gasteiger partial charge in [-0.25, -0.2) is 9.59 Å². The van der Waals surface area contributed by atoms with Gasteiger partial charge in [-0.1, -0.05) is 42.9 Å². The molecule has 0 fully saturated rings. The standard InChI is InChI=1S/C10H14O4.4CH4/c1-7(2)9(11)13-5-6-14-10(12)8(3)4;;;;/h1,3,5-6H2,2,4H3;4*1H4. The van der Waals surface area contributed by atoms with Crippen LogP contribution in [0.1, 0.15) is 43.6 Å². The lowest BCUT2D eigenvalue weighted by atomic mass is 10.4. The van der Waals surface area contributed by atoms with Crippen molar-refractivity contribution in [1.29, 1.82) is 0 Å². The Labute approximate surface area is 113 Å². The monoisotopic (exact) mass is 262 g/mol. The molecule has 18 heavy (non-hydrogen) atoms. The van der Waals surface area contributed by atoms with Crippen LogP contribution in [-0.4, -0.2) is 25.2 Å². The van der Waals surface area contributed by atoms with Crippen LogP contribution in [0.5, 0.6) is 0 Å². The predicted octanol–water partition coefficient (Wildman–Crippen LogP) is 3.77. The van der Waals surface area contributed by atoms with Crippen LogP contribution >= 0.6 is 0 Å². The number of carbonyl (C=O) groups is 2. The molecular formula is C14H30O4. The normalized spacial score (nSPS) is 7.00. The van der Waals surface area contributed by atoms with Crippen molar-refractivity contribution >= 4 is 11.9 Å². The van der Waals surface area contributed by atoms with Crippen LogP contribution in [0.25, 0.3) is 0 Å². The van der Waals surface area contributed by atoms with Gasteiger partial charge in [0.2, 0.25) is 0 Å². The third-order valence-electron chi connectivity index (χ3n) is 1.25. The van der Waals surface area contributed by atoms with Crippen molar-refractivity contribution in [3.63, 3.8) is 0 Å². The van der Waals surface area contributed by atoms with Gasteiger partial charge >= 0.3 is 11.9 Å². The summed E-state index contributed by atoms with van der Waals surface area (Å²) in [7, 11) is 0. The summed E-state index contributed by atoms with van der Waals surface area (Å²) >= 11 is 0. The lowest BCUT2D eigenvalue weighted by Gasteiger charge is -2.05. The fourth-order valence-corrected chi connectivity index (χ4v) is 0.515. The highest BCUT2D eigenvalue weighted by molar-refractivity contribution is 5.87. The summed E-state index contributed by atoms with van der Waals surface area (Å²) in [6.07, 6.45) is 0. The van der Waals surface area contributed by atoms with Crippen molar-refractivity contribution in [2.45, 2.75) is 43.6 Å². The minimum atomic E-state index is -0.489. The smallest absolute Gasteiger partial charge is 0.333 e. The van der Waals surface area contributed by atoms with Gasteiger partial charge in [0, 0.05) is 11.1 Å². The van der Waals surface area contributed by atoms with E-state index in [1.54, 1.807) is 13.8 Å². The summed E-state index contributed by atoms with van der Waals surface area (Å²) in [5.41, 5.74) is 0.632. The molecule has 0 saturated heterocycles. The fourth-order valence-electron chi connectivity index (χ4n) is 0.515. The SMILES string of the molecule is C.C.C.C.C=C(C)C(=O)OCCOC(=O)C(=C)C. The predicted molar refractivity (Wildman–Crippen MR) is 78.5 cm³/mol. The summed E-state index contributed by atoms with van der Waals surface area (Å²) in [5, 5.41) is 0. The molecule has 4 nitrogen and oxygen atoms in total. The topological polar surface area (TPSA) is 52.6 Å². The van der Waals surface area contributed by atoms with Gasteiger partial charge in [0.15, 0.2) is 0 Å². The molecule has 0 aromatic rings. The first kappa shape index (κ1) is 29.9. The molecule has 0 aliphatic carbocycles. The van der Waals surface area contributed by atoms with E-state index >= 15 is 0 Å². The first-order valence-electron chi connectivity index (χ1n) is 4.10. The molecule has 0 amide bonds. The van der Waals surface area contributed by atoms with E-state index < -0.39 is 11.9 Å². The van der Waals surface area contributed by atoms with E-state index in [1.807, 2.05) is 0 Å². The summed E-state index contributed by atoms with van der Waals surface area (Å²) < 4.78 is 9.38. The number of hydrogen-bond acceptors (Lipinski definition) is 4. The summed E-state index contributed by atoms with van der Waals surface area (Å²) in [4.78, 5) is 21.7. The largest absolute Gasteiger partial charge is 0.459 e. The van der Waals surface area contributed by atoms with Crippen molar-refractivity contribution in [2.24, 2.45) is 0 Å². The first-order chi connectivity index (χ1) is 6.45. The average Bonchev–Trinajstić information content (AvgIpc) is 2.11. The van der Waals surface area contributed by atoms with Crippen molar-refractivity contribution in [3.8, 4) is 0 Å². The number of hydrogen-bond donors (Lipinski definition) is 0. The molecule has 0 radical (unpaired) electrons. The molecule has 0 rings (SSSR count). The Morgan fingerprint density at radius 3 is 1.17 bits per heavy atom. The average molecular weight is 262 g/mol. The first-order valence-corrected chi connectivity index (χ1v) is 4.10. The maximum Gasteiger partial charge on any atom is 0.333 e. The van der Waals surface area contributed by atoms with Gasteiger partial charge < -0.3 is 9.47 Å². The van der Waals surface area contributed by atoms with E-state index in [2.05, 4.69) is 22.6 Å². The van der Waals surface area contributed by atoms with E-state index in [4.69, 9.17) is 0 Å². The number of carbonyl (C=O) groups excluding carboxylic acids is 2. The van der Waals surface area contributed by atoms with Gasteiger partial charge in [-0.2, -0.15) is 0 Å². The number of esters is 2. The van der Waals surface area contributed by atoms with Crippen LogP contribution in [0.15, 0.2) is 24.3 Å². The van der Waals surface area contributed by atoms with Crippen LogP contribution in [0, 0.1) is 0 Å². The van der Waals surface area contributed by atoms with Crippen LogP contribution in [0.3, 0.4) is 0 Å². The molecule has 0 N–H and O–H groups in total. The van der Waals surface area contributed by atoms with E-state index in [0.717, 1.165) is 0 Å². The van der Waals surface area contributed by atoms with Crippen LogP contribution in [0.4, 0.5) is 0 Å². The van der Waals surface area contributed by atoms with Gasteiger partial charge in [0.1, 0.15) is 13.2 Å². The van der Waals surface area contributed by atoms with Crippen LogP contribution < -0.4 is 0 Å². The second-order valence-electron chi connectivity index (χ2n) is 2.83. The van der Waals surface area contributed by atoms with Crippen molar-refractivity contribution in [1.82, 2.24) is 0 Å². The Bertz CT molecular complexity index is 239. The fraction of sp³-hybridized carbons (Fsp3) is 0.571. The third-order valence-corrected chi connectivity index (χ3v) is 1.25. The van der Waals surface area contributed by atoms with E-state index in [9.17, 15) is 9.59 Å². The Kier molecular flexibility index (Phi) is 25.6. The van der Waals surface area contributed by atoms with Gasteiger partial charge in [-0.3, -0.25) is 0 Å². The van der Waals surface area contributed by atoms with Crippen molar-refractivity contribution in [3.05, 3.63) is 24.3 Å². The quantitative estimate of drug-likeness (QED) is 0.430. The molecule has 0 spiro atoms. The van der Waals surface area contributed by atoms with E-state index in [1.165, 1.54) is 0 Å². The molecule has 110 valence electrons. The number of rotatable bonds is 5. The molecule has 0 aliphatic heterocycles. The maximum absolute atomic E-state index is 10.8. The van der Waals surface area contributed by atoms with Gasteiger partial charge in [0.05, 0.1) is 0 Å². The van der Waals surface area contributed by atoms with Gasteiger partial charge in [0.25, 0.3) is 0 Å². The Hall–Kier alpha value is -1.58. The van der Waals surface area contributed by atoms with Crippen molar-refractivity contribution < 1.29 is 19.1 Å². The maximum atomic E-state index is 10.8.